The summed E-state index contributed by atoms with van der Waals surface area (Å²) in [6, 6.07) is 32.8. The van der Waals surface area contributed by atoms with Crippen molar-refractivity contribution in [2.75, 3.05) is 0 Å². The van der Waals surface area contributed by atoms with Crippen molar-refractivity contribution < 1.29 is 46.7 Å². The molecule has 61 heavy (non-hydrogen) atoms. The molecule has 0 radical (unpaired) electrons. The van der Waals surface area contributed by atoms with E-state index in [1.165, 1.54) is 18.3 Å². The Kier molecular flexibility index (Phi) is 7.86. The number of pyridine rings is 1. The predicted octanol–water partition coefficient (Wildman–Crippen LogP) is 15.1. The third-order valence-corrected chi connectivity index (χ3v) is 10.7. The number of nitrogens with zero attached hydrogens (tertiary/aromatic N) is 3. The molecule has 4 nitrogen and oxygen atoms in total. The zero-order valence-corrected chi connectivity index (χ0v) is 37.3. The largest absolute Gasteiger partial charge is 0.507 e. The van der Waals surface area contributed by atoms with Crippen molar-refractivity contribution >= 4 is 11.0 Å². The Morgan fingerprint density at radius 1 is 0.672 bits per heavy atom. The minimum atomic E-state index is -3.82. The van der Waals surface area contributed by atoms with Gasteiger partial charge in [0.2, 0.25) is 0 Å². The summed E-state index contributed by atoms with van der Waals surface area (Å²) in [5.41, 5.74) is 2.94. The molecule has 8 aromatic rings. The second-order valence-electron chi connectivity index (χ2n) is 16.6. The van der Waals surface area contributed by atoms with E-state index in [4.69, 9.17) is 25.5 Å². The van der Waals surface area contributed by atoms with Crippen LogP contribution in [0.25, 0.3) is 72.7 Å². The number of aromatic nitrogens is 3. The third kappa shape index (κ3) is 8.66. The molecule has 2 aromatic heterocycles. The number of aromatic hydroxyl groups is 1. The first kappa shape index (κ1) is 28.1. The van der Waals surface area contributed by atoms with Crippen molar-refractivity contribution in [2.45, 2.75) is 91.6 Å². The number of imidazole rings is 1. The van der Waals surface area contributed by atoms with Crippen molar-refractivity contribution in [3.05, 3.63) is 168 Å². The van der Waals surface area contributed by atoms with Crippen molar-refractivity contribution in [2.24, 2.45) is 0 Å². The molecule has 1 N–H and O–H groups in total. The molecular weight excluding hydrogens is 926 g/mol. The van der Waals surface area contributed by atoms with Crippen LogP contribution in [-0.4, -0.2) is 19.6 Å². The van der Waals surface area contributed by atoms with Gasteiger partial charge in [-0.1, -0.05) is 165 Å². The molecule has 0 aliphatic carbocycles. The summed E-state index contributed by atoms with van der Waals surface area (Å²) in [5, 5.41) is 11.3. The summed E-state index contributed by atoms with van der Waals surface area (Å²) in [4.78, 5) is 9.91. The summed E-state index contributed by atoms with van der Waals surface area (Å²) < 4.78 is 130. The van der Waals surface area contributed by atoms with Gasteiger partial charge in [0.05, 0.1) is 22.1 Å². The number of para-hydroxylation sites is 2. The van der Waals surface area contributed by atoms with Crippen LogP contribution in [0.3, 0.4) is 0 Å². The first-order valence-corrected chi connectivity index (χ1v) is 19.8. The van der Waals surface area contributed by atoms with E-state index in [0.717, 1.165) is 33.5 Å². The maximum absolute atomic E-state index is 11.3. The molecule has 0 atom stereocenters. The Labute approximate surface area is 398 Å². The van der Waals surface area contributed by atoms with Crippen LogP contribution in [0.1, 0.15) is 124 Å². The van der Waals surface area contributed by atoms with E-state index in [1.807, 2.05) is 132 Å². The maximum Gasteiger partial charge on any atom is 0.148 e. The summed E-state index contributed by atoms with van der Waals surface area (Å²) in [5.74, 6) is -1.46. The summed E-state index contributed by atoms with van der Waals surface area (Å²) in [7, 11) is 0. The smallest absolute Gasteiger partial charge is 0.148 e. The molecule has 0 fully saturated rings. The number of benzene rings is 6. The Bertz CT molecular complexity index is 3430. The monoisotopic (exact) mass is 997 g/mol. The topological polar surface area (TPSA) is 50.9 Å². The number of fused-ring (bicyclic) bond motifs is 1. The van der Waals surface area contributed by atoms with E-state index in [2.05, 4.69) is 11.1 Å². The van der Waals surface area contributed by atoms with Gasteiger partial charge in [-0.2, -0.15) is 0 Å². The number of phenols is 1. The van der Waals surface area contributed by atoms with Crippen molar-refractivity contribution in [1.29, 1.82) is 0 Å². The summed E-state index contributed by atoms with van der Waals surface area (Å²) in [6.07, 6.45) is 1.40. The van der Waals surface area contributed by atoms with Crippen molar-refractivity contribution in [1.82, 2.24) is 14.5 Å². The summed E-state index contributed by atoms with van der Waals surface area (Å²) >= 11 is 0. The number of rotatable bonds is 8. The van der Waals surface area contributed by atoms with Crippen LogP contribution in [0, 0.1) is 6.07 Å². The van der Waals surface area contributed by atoms with E-state index in [9.17, 15) is 5.11 Å². The molecule has 0 bridgehead atoms. The van der Waals surface area contributed by atoms with E-state index in [-0.39, 0.29) is 37.9 Å². The van der Waals surface area contributed by atoms with Gasteiger partial charge >= 0.3 is 0 Å². The van der Waals surface area contributed by atoms with E-state index >= 15 is 0 Å². The van der Waals surface area contributed by atoms with Crippen LogP contribution < -0.4 is 0 Å². The Morgan fingerprint density at radius 3 is 1.95 bits per heavy atom. The molecule has 2 heterocycles. The molecular formula is C56H56N3OPt-. The zero-order valence-electron chi connectivity index (χ0n) is 50.1. The molecule has 0 saturated carbocycles. The van der Waals surface area contributed by atoms with E-state index in [0.29, 0.717) is 44.8 Å². The second kappa shape index (κ2) is 17.1. The number of hydrogen-bond acceptors (Lipinski definition) is 3. The average molecular weight is 997 g/mol. The minimum Gasteiger partial charge on any atom is -0.507 e. The van der Waals surface area contributed by atoms with Gasteiger partial charge < -0.3 is 5.11 Å². The molecule has 0 amide bonds. The molecule has 0 aliphatic heterocycles. The minimum absolute atomic E-state index is 0. The predicted molar refractivity (Wildman–Crippen MR) is 252 cm³/mol. The fourth-order valence-corrected chi connectivity index (χ4v) is 7.56. The first-order valence-electron chi connectivity index (χ1n) is 27.3. The fourth-order valence-electron chi connectivity index (χ4n) is 7.56. The summed E-state index contributed by atoms with van der Waals surface area (Å²) in [6.45, 7) is 2.00. The third-order valence-electron chi connectivity index (χ3n) is 10.7. The van der Waals surface area contributed by atoms with Gasteiger partial charge in [-0.05, 0) is 98.0 Å². The van der Waals surface area contributed by atoms with Gasteiger partial charge in [0, 0.05) is 53.7 Å². The number of phenolic OH excluding ortho intramolecular Hbond substituents is 1. The molecule has 6 aromatic carbocycles. The average Bonchev–Trinajstić information content (AvgIpc) is 3.70. The van der Waals surface area contributed by atoms with E-state index in [1.54, 1.807) is 18.2 Å². The van der Waals surface area contributed by atoms with Gasteiger partial charge in [-0.15, -0.1) is 29.3 Å². The Hall–Kier alpha value is -5.57. The normalized spacial score (nSPS) is 16.5. The van der Waals surface area contributed by atoms with Gasteiger partial charge in [0.25, 0.3) is 0 Å². The SMILES string of the molecule is [2H]c1c([2H])c(C(C([2H])([2H])[2H])(C([2H])([2H])[2H])C([2H])([2H])[2H])c([2H])c([2H])c1-c1ccnc(-c2[c-]c(-c3cccc4c3nc(-c3ccccc3O)n4-c3ccc(-c4c(C([2H])(C)C)cccc4C([2H])(C)C)cc3)cc(C(C)(C)C)c2)c1.[Pt]. The molecule has 0 spiro atoms. The van der Waals surface area contributed by atoms with Crippen molar-refractivity contribution in [3.8, 4) is 67.5 Å². The van der Waals surface area contributed by atoms with Gasteiger partial charge in [0.15, 0.2) is 0 Å². The first-order chi connectivity index (χ1) is 34.6. The standard InChI is InChI=1S/C56H56N3O.Pt/c1-35(2)45-16-13-17-46(36(3)4)52(45)38-23-27-44(28-24-38)59-50-19-14-18-47(53(50)58-54(59)48-15-11-12-20-51(48)60)40-31-41(33-43(32-40)56(8,9)10)49-34-39(29-30-57-49)37-21-25-42(26-22-37)55(5,6)7;/h11-30,32-36,60H,1-10H3;/q-1;/i5D3,6D3,7D3,21D,22D,25D,26D,35D,36D;. The zero-order chi connectivity index (χ0) is 55.3. The fraction of sp³-hybridized carbons (Fsp3) is 0.250. The van der Waals surface area contributed by atoms with Crippen LogP contribution in [0.15, 0.2) is 140 Å². The molecule has 312 valence electrons. The molecule has 8 rings (SSSR count). The maximum atomic E-state index is 11.3. The van der Waals surface area contributed by atoms with Crippen LogP contribution in [0.2, 0.25) is 0 Å². The Morgan fingerprint density at radius 2 is 1.31 bits per heavy atom. The van der Waals surface area contributed by atoms with Crippen LogP contribution in [0.5, 0.6) is 5.75 Å². The molecule has 0 saturated heterocycles. The molecule has 0 unspecified atom stereocenters. The van der Waals surface area contributed by atoms with Crippen molar-refractivity contribution in [3.63, 3.8) is 0 Å². The Balaban J connectivity index is 0.00000840. The quantitative estimate of drug-likeness (QED) is 0.154. The van der Waals surface area contributed by atoms with Crippen LogP contribution in [-0.2, 0) is 31.9 Å². The van der Waals surface area contributed by atoms with Crippen LogP contribution in [0.4, 0.5) is 0 Å². The van der Waals surface area contributed by atoms with E-state index < -0.39 is 72.9 Å². The molecule has 0 aliphatic rings. The number of hydrogen-bond donors (Lipinski definition) is 1. The van der Waals surface area contributed by atoms with Gasteiger partial charge in [-0.3, -0.25) is 9.55 Å². The van der Waals surface area contributed by atoms with Gasteiger partial charge in [0.1, 0.15) is 11.6 Å². The van der Waals surface area contributed by atoms with Gasteiger partial charge in [-0.25, -0.2) is 4.98 Å². The molecule has 5 heteroatoms. The second-order valence-corrected chi connectivity index (χ2v) is 16.6. The van der Waals surface area contributed by atoms with Crippen LogP contribution >= 0.6 is 0 Å².